The summed E-state index contributed by atoms with van der Waals surface area (Å²) in [6, 6.07) is 22.1. The molecule has 0 radical (unpaired) electrons. The zero-order chi connectivity index (χ0) is 23.9. The van der Waals surface area contributed by atoms with Crippen LogP contribution in [0.15, 0.2) is 91.3 Å². The standard InChI is InChI=1S/C26H21F3N4S/c1-17-7-4-10-20(15-17)33-24(23(31-25(33)34)21-11-2-3-13-30-21)22-12-6-14-32(22)19-9-5-8-18(16-19)26(27,28)29/h2-16,23-24H,1H3,(H,31,34)/t23-,24-/m0/s1. The minimum atomic E-state index is -4.43. The average Bonchev–Trinajstić information content (AvgIpc) is 3.43. The fourth-order valence-electron chi connectivity index (χ4n) is 4.41. The van der Waals surface area contributed by atoms with Gasteiger partial charge < -0.3 is 14.8 Å². The number of halogens is 3. The van der Waals surface area contributed by atoms with Crippen molar-refractivity contribution in [2.75, 3.05) is 4.90 Å². The zero-order valence-corrected chi connectivity index (χ0v) is 19.0. The number of rotatable bonds is 4. The first kappa shape index (κ1) is 22.2. The molecule has 4 nitrogen and oxygen atoms in total. The fourth-order valence-corrected chi connectivity index (χ4v) is 4.76. The molecule has 1 aliphatic heterocycles. The first-order chi connectivity index (χ1) is 16.3. The van der Waals surface area contributed by atoms with Crippen molar-refractivity contribution in [2.24, 2.45) is 0 Å². The highest BCUT2D eigenvalue weighted by Gasteiger charge is 2.42. The van der Waals surface area contributed by atoms with Gasteiger partial charge in [-0.3, -0.25) is 4.98 Å². The summed E-state index contributed by atoms with van der Waals surface area (Å²) in [5.74, 6) is 0. The molecule has 34 heavy (non-hydrogen) atoms. The Morgan fingerprint density at radius 2 is 1.71 bits per heavy atom. The van der Waals surface area contributed by atoms with Crippen molar-refractivity contribution in [1.82, 2.24) is 14.9 Å². The monoisotopic (exact) mass is 478 g/mol. The predicted octanol–water partition coefficient (Wildman–Crippen LogP) is 6.38. The predicted molar refractivity (Wildman–Crippen MR) is 130 cm³/mol. The van der Waals surface area contributed by atoms with Crippen molar-refractivity contribution in [3.8, 4) is 5.69 Å². The van der Waals surface area contributed by atoms with Crippen molar-refractivity contribution >= 4 is 23.0 Å². The van der Waals surface area contributed by atoms with Crippen LogP contribution in [0.4, 0.5) is 18.9 Å². The van der Waals surface area contributed by atoms with Crippen LogP contribution in [0.5, 0.6) is 0 Å². The molecular formula is C26H21F3N4S. The Kier molecular flexibility index (Phi) is 5.61. The Labute approximate surface area is 200 Å². The second-order valence-corrected chi connectivity index (χ2v) is 8.57. The lowest BCUT2D eigenvalue weighted by Crippen LogP contribution is -2.30. The third kappa shape index (κ3) is 4.05. The Morgan fingerprint density at radius 1 is 0.912 bits per heavy atom. The quantitative estimate of drug-likeness (QED) is 0.345. The van der Waals surface area contributed by atoms with Crippen LogP contribution in [0.3, 0.4) is 0 Å². The molecule has 2 aromatic carbocycles. The van der Waals surface area contributed by atoms with E-state index < -0.39 is 11.7 Å². The summed E-state index contributed by atoms with van der Waals surface area (Å²) in [5.41, 5.74) is 3.30. The molecule has 0 unspecified atom stereocenters. The molecule has 2 aromatic heterocycles. The summed E-state index contributed by atoms with van der Waals surface area (Å²) < 4.78 is 42.0. The van der Waals surface area contributed by atoms with Gasteiger partial charge in [0.25, 0.3) is 0 Å². The Bertz CT molecular complexity index is 1330. The van der Waals surface area contributed by atoms with E-state index in [1.54, 1.807) is 23.0 Å². The molecule has 172 valence electrons. The smallest absolute Gasteiger partial charge is 0.351 e. The van der Waals surface area contributed by atoms with E-state index in [0.717, 1.165) is 34.8 Å². The SMILES string of the molecule is Cc1cccc(N2C(=S)N[C@@H](c3ccccn3)[C@@H]2c2cccn2-c2cccc(C(F)(F)F)c2)c1. The number of hydrogen-bond acceptors (Lipinski definition) is 2. The Balaban J connectivity index is 1.67. The highest BCUT2D eigenvalue weighted by Crippen LogP contribution is 2.42. The molecule has 8 heteroatoms. The molecule has 5 rings (SSSR count). The Morgan fingerprint density at radius 3 is 2.44 bits per heavy atom. The number of alkyl halides is 3. The van der Waals surface area contributed by atoms with E-state index in [4.69, 9.17) is 12.2 Å². The number of nitrogens with one attached hydrogen (secondary N) is 1. The Hall–Kier alpha value is -3.65. The van der Waals surface area contributed by atoms with E-state index in [9.17, 15) is 13.2 Å². The third-order valence-corrected chi connectivity index (χ3v) is 6.23. The maximum absolute atomic E-state index is 13.4. The summed E-state index contributed by atoms with van der Waals surface area (Å²) >= 11 is 5.75. The van der Waals surface area contributed by atoms with Gasteiger partial charge in [-0.15, -0.1) is 0 Å². The van der Waals surface area contributed by atoms with E-state index in [2.05, 4.69) is 10.3 Å². The fraction of sp³-hybridized carbons (Fsp3) is 0.154. The van der Waals surface area contributed by atoms with Gasteiger partial charge in [0.05, 0.1) is 17.3 Å². The van der Waals surface area contributed by atoms with E-state index in [1.807, 2.05) is 66.4 Å². The normalized spacial score (nSPS) is 18.2. The van der Waals surface area contributed by atoms with Crippen molar-refractivity contribution in [1.29, 1.82) is 0 Å². The molecule has 1 fully saturated rings. The van der Waals surface area contributed by atoms with E-state index in [0.29, 0.717) is 10.8 Å². The minimum Gasteiger partial charge on any atom is -0.351 e. The number of anilines is 1. The van der Waals surface area contributed by atoms with Crippen LogP contribution in [-0.2, 0) is 6.18 Å². The lowest BCUT2D eigenvalue weighted by molar-refractivity contribution is -0.137. The maximum Gasteiger partial charge on any atom is 0.416 e. The molecule has 1 N–H and O–H groups in total. The topological polar surface area (TPSA) is 33.1 Å². The first-order valence-corrected chi connectivity index (χ1v) is 11.2. The second-order valence-electron chi connectivity index (χ2n) is 8.19. The van der Waals surface area contributed by atoms with Crippen LogP contribution < -0.4 is 10.2 Å². The number of aryl methyl sites for hydroxylation is 1. The summed E-state index contributed by atoms with van der Waals surface area (Å²) in [4.78, 5) is 6.56. The highest BCUT2D eigenvalue weighted by molar-refractivity contribution is 7.80. The van der Waals surface area contributed by atoms with Crippen molar-refractivity contribution in [3.63, 3.8) is 0 Å². The van der Waals surface area contributed by atoms with E-state index in [1.165, 1.54) is 6.07 Å². The van der Waals surface area contributed by atoms with Gasteiger partial charge in [0, 0.05) is 29.5 Å². The van der Waals surface area contributed by atoms with Gasteiger partial charge in [0.1, 0.15) is 6.04 Å². The van der Waals surface area contributed by atoms with Gasteiger partial charge in [-0.1, -0.05) is 24.3 Å². The van der Waals surface area contributed by atoms with Crippen LogP contribution in [0, 0.1) is 6.92 Å². The summed E-state index contributed by atoms with van der Waals surface area (Å²) in [5, 5.41) is 3.92. The molecule has 0 spiro atoms. The molecule has 2 atom stereocenters. The molecule has 0 bridgehead atoms. The number of nitrogens with zero attached hydrogens (tertiary/aromatic N) is 3. The summed E-state index contributed by atoms with van der Waals surface area (Å²) in [7, 11) is 0. The zero-order valence-electron chi connectivity index (χ0n) is 18.2. The highest BCUT2D eigenvalue weighted by atomic mass is 32.1. The lowest BCUT2D eigenvalue weighted by atomic mass is 10.0. The van der Waals surface area contributed by atoms with E-state index >= 15 is 0 Å². The average molecular weight is 479 g/mol. The van der Waals surface area contributed by atoms with Gasteiger partial charge in [-0.25, -0.2) is 0 Å². The largest absolute Gasteiger partial charge is 0.416 e. The number of thiocarbonyl (C=S) groups is 1. The van der Waals surface area contributed by atoms with Crippen molar-refractivity contribution in [2.45, 2.75) is 25.2 Å². The summed E-state index contributed by atoms with van der Waals surface area (Å²) in [6.45, 7) is 2.01. The van der Waals surface area contributed by atoms with Crippen molar-refractivity contribution in [3.05, 3.63) is 114 Å². The molecule has 0 aliphatic carbocycles. The van der Waals surface area contributed by atoms with Crippen LogP contribution in [0.2, 0.25) is 0 Å². The minimum absolute atomic E-state index is 0.298. The molecule has 3 heterocycles. The van der Waals surface area contributed by atoms with Crippen LogP contribution >= 0.6 is 12.2 Å². The van der Waals surface area contributed by atoms with Crippen LogP contribution in [-0.4, -0.2) is 14.7 Å². The van der Waals surface area contributed by atoms with Gasteiger partial charge >= 0.3 is 6.18 Å². The van der Waals surface area contributed by atoms with Gasteiger partial charge in [0.15, 0.2) is 5.11 Å². The lowest BCUT2D eigenvalue weighted by Gasteiger charge is -2.29. The van der Waals surface area contributed by atoms with Crippen LogP contribution in [0.1, 0.15) is 34.6 Å². The number of pyridine rings is 1. The molecule has 0 amide bonds. The maximum atomic E-state index is 13.4. The number of benzene rings is 2. The van der Waals surface area contributed by atoms with Crippen molar-refractivity contribution < 1.29 is 13.2 Å². The van der Waals surface area contributed by atoms with E-state index in [-0.39, 0.29) is 12.1 Å². The second kappa shape index (κ2) is 8.61. The molecule has 4 aromatic rings. The first-order valence-electron chi connectivity index (χ1n) is 10.7. The summed E-state index contributed by atoms with van der Waals surface area (Å²) in [6.07, 6.45) is -0.932. The van der Waals surface area contributed by atoms with Gasteiger partial charge in [0.2, 0.25) is 0 Å². The molecular weight excluding hydrogens is 457 g/mol. The number of hydrogen-bond donors (Lipinski definition) is 1. The molecule has 1 saturated heterocycles. The van der Waals surface area contributed by atoms with Gasteiger partial charge in [-0.2, -0.15) is 13.2 Å². The molecule has 1 aliphatic rings. The van der Waals surface area contributed by atoms with Crippen LogP contribution in [0.25, 0.3) is 5.69 Å². The molecule has 0 saturated carbocycles. The third-order valence-electron chi connectivity index (χ3n) is 5.91. The van der Waals surface area contributed by atoms with Gasteiger partial charge in [-0.05, 0) is 79.3 Å². The number of aromatic nitrogens is 2.